The molecule has 2 aliphatic carbocycles. The molecule has 0 heterocycles. The third kappa shape index (κ3) is 4.80. The van der Waals surface area contributed by atoms with E-state index in [1.54, 1.807) is 0 Å². The Morgan fingerprint density at radius 1 is 1.33 bits per heavy atom. The smallest absolute Gasteiger partial charge is 0.308 e. The van der Waals surface area contributed by atoms with Crippen LogP contribution < -0.4 is 4.74 Å². The fourth-order valence-electron chi connectivity index (χ4n) is 4.81. The standard InChI is InChI=1S/C23H32O4/c1-3-4-5-8-18(25)10-11-19-20-12-16-7-6-9-23(27-15(2)24)21(16)13-17(20)14-22(19)26/h6-7,9-11,17-20,22,25-26H,3-5,8,12-14H2,1-2H3/t17-,18-,19+,20-,22+/m0/s1. The highest BCUT2D eigenvalue weighted by molar-refractivity contribution is 5.70. The Bertz CT molecular complexity index is 681. The number of ether oxygens (including phenoxy) is 1. The van der Waals surface area contributed by atoms with Crippen LogP contribution in [-0.4, -0.2) is 28.4 Å². The molecule has 0 bridgehead atoms. The molecule has 0 amide bonds. The highest BCUT2D eigenvalue weighted by Crippen LogP contribution is 2.47. The number of unbranched alkanes of at least 4 members (excludes halogenated alkanes) is 2. The molecule has 27 heavy (non-hydrogen) atoms. The predicted molar refractivity (Wildman–Crippen MR) is 106 cm³/mol. The largest absolute Gasteiger partial charge is 0.426 e. The summed E-state index contributed by atoms with van der Waals surface area (Å²) >= 11 is 0. The van der Waals surface area contributed by atoms with E-state index in [1.165, 1.54) is 12.5 Å². The monoisotopic (exact) mass is 372 g/mol. The summed E-state index contributed by atoms with van der Waals surface area (Å²) in [7, 11) is 0. The molecule has 0 aliphatic heterocycles. The van der Waals surface area contributed by atoms with E-state index >= 15 is 0 Å². The zero-order valence-corrected chi connectivity index (χ0v) is 16.4. The minimum absolute atomic E-state index is 0.0846. The number of carbonyl (C=O) groups excluding carboxylic acids is 1. The summed E-state index contributed by atoms with van der Waals surface area (Å²) in [5.41, 5.74) is 2.33. The quantitative estimate of drug-likeness (QED) is 0.330. The summed E-state index contributed by atoms with van der Waals surface area (Å²) < 4.78 is 5.39. The highest BCUT2D eigenvalue weighted by atomic mass is 16.5. The van der Waals surface area contributed by atoms with E-state index < -0.39 is 6.10 Å². The molecule has 2 N–H and O–H groups in total. The maximum Gasteiger partial charge on any atom is 0.308 e. The normalized spacial score (nSPS) is 28.0. The Hall–Kier alpha value is -1.65. The van der Waals surface area contributed by atoms with Crippen LogP contribution in [0, 0.1) is 17.8 Å². The molecule has 1 fully saturated rings. The van der Waals surface area contributed by atoms with Crippen molar-refractivity contribution in [2.24, 2.45) is 17.8 Å². The van der Waals surface area contributed by atoms with Crippen molar-refractivity contribution < 1.29 is 19.7 Å². The summed E-state index contributed by atoms with van der Waals surface area (Å²) in [5.74, 6) is 1.21. The molecule has 1 aromatic carbocycles. The molecular weight excluding hydrogens is 340 g/mol. The zero-order chi connectivity index (χ0) is 19.4. The number of carbonyl (C=O) groups is 1. The van der Waals surface area contributed by atoms with Crippen molar-refractivity contribution in [3.8, 4) is 5.75 Å². The lowest BCUT2D eigenvalue weighted by Crippen LogP contribution is -2.26. The lowest BCUT2D eigenvalue weighted by Gasteiger charge is -2.31. The van der Waals surface area contributed by atoms with Gasteiger partial charge in [0.1, 0.15) is 5.75 Å². The van der Waals surface area contributed by atoms with Crippen molar-refractivity contribution >= 4 is 5.97 Å². The van der Waals surface area contributed by atoms with Gasteiger partial charge in [-0.05, 0) is 54.7 Å². The van der Waals surface area contributed by atoms with Crippen molar-refractivity contribution in [1.29, 1.82) is 0 Å². The Labute approximate surface area is 162 Å². The number of aliphatic hydroxyl groups excluding tert-OH is 2. The van der Waals surface area contributed by atoms with Gasteiger partial charge >= 0.3 is 5.97 Å². The van der Waals surface area contributed by atoms with Gasteiger partial charge in [0.25, 0.3) is 0 Å². The number of rotatable bonds is 7. The number of hydrogen-bond donors (Lipinski definition) is 2. The third-order valence-corrected chi connectivity index (χ3v) is 6.15. The molecular formula is C23H32O4. The van der Waals surface area contributed by atoms with E-state index in [0.29, 0.717) is 17.6 Å². The van der Waals surface area contributed by atoms with Crippen LogP contribution in [0.15, 0.2) is 30.4 Å². The Morgan fingerprint density at radius 3 is 2.89 bits per heavy atom. The van der Waals surface area contributed by atoms with Crippen LogP contribution in [0.2, 0.25) is 0 Å². The first-order valence-electron chi connectivity index (χ1n) is 10.3. The lowest BCUT2D eigenvalue weighted by molar-refractivity contribution is -0.131. The van der Waals surface area contributed by atoms with E-state index in [2.05, 4.69) is 13.0 Å². The van der Waals surface area contributed by atoms with Crippen LogP contribution in [0.5, 0.6) is 5.75 Å². The molecule has 0 saturated heterocycles. The summed E-state index contributed by atoms with van der Waals surface area (Å²) in [5, 5.41) is 20.8. The zero-order valence-electron chi connectivity index (χ0n) is 16.4. The molecule has 5 atom stereocenters. The molecule has 4 heteroatoms. The van der Waals surface area contributed by atoms with Gasteiger partial charge in [-0.25, -0.2) is 0 Å². The van der Waals surface area contributed by atoms with Crippen LogP contribution in [-0.2, 0) is 17.6 Å². The molecule has 1 aromatic rings. The van der Waals surface area contributed by atoms with Gasteiger partial charge in [0.2, 0.25) is 0 Å². The Balaban J connectivity index is 1.71. The fraction of sp³-hybridized carbons (Fsp3) is 0.609. The second-order valence-corrected chi connectivity index (χ2v) is 8.15. The van der Waals surface area contributed by atoms with Crippen molar-refractivity contribution in [3.63, 3.8) is 0 Å². The van der Waals surface area contributed by atoms with Crippen molar-refractivity contribution in [2.75, 3.05) is 0 Å². The molecule has 0 unspecified atom stereocenters. The van der Waals surface area contributed by atoms with Gasteiger partial charge in [0.15, 0.2) is 0 Å². The van der Waals surface area contributed by atoms with Crippen molar-refractivity contribution in [3.05, 3.63) is 41.5 Å². The van der Waals surface area contributed by atoms with Crippen LogP contribution in [0.3, 0.4) is 0 Å². The van der Waals surface area contributed by atoms with Gasteiger partial charge < -0.3 is 14.9 Å². The van der Waals surface area contributed by atoms with Gasteiger partial charge in [0, 0.05) is 12.8 Å². The van der Waals surface area contributed by atoms with Gasteiger partial charge in [-0.3, -0.25) is 4.79 Å². The number of fused-ring (bicyclic) bond motifs is 2. The topological polar surface area (TPSA) is 66.8 Å². The first-order valence-corrected chi connectivity index (χ1v) is 10.3. The van der Waals surface area contributed by atoms with Crippen LogP contribution in [0.25, 0.3) is 0 Å². The fourth-order valence-corrected chi connectivity index (χ4v) is 4.81. The van der Waals surface area contributed by atoms with Gasteiger partial charge in [-0.1, -0.05) is 50.5 Å². The van der Waals surface area contributed by atoms with Crippen molar-refractivity contribution in [2.45, 2.75) is 71.0 Å². The van der Waals surface area contributed by atoms with Crippen molar-refractivity contribution in [1.82, 2.24) is 0 Å². The number of esters is 1. The molecule has 148 valence electrons. The third-order valence-electron chi connectivity index (χ3n) is 6.15. The van der Waals surface area contributed by atoms with Gasteiger partial charge in [-0.15, -0.1) is 0 Å². The van der Waals surface area contributed by atoms with Crippen LogP contribution in [0.4, 0.5) is 0 Å². The van der Waals surface area contributed by atoms with Crippen LogP contribution in [0.1, 0.15) is 57.1 Å². The number of hydrogen-bond acceptors (Lipinski definition) is 4. The molecule has 0 aromatic heterocycles. The maximum absolute atomic E-state index is 11.4. The minimum Gasteiger partial charge on any atom is -0.426 e. The molecule has 0 radical (unpaired) electrons. The molecule has 2 aliphatic rings. The summed E-state index contributed by atoms with van der Waals surface area (Å²) in [6, 6.07) is 5.89. The Kier molecular flexibility index (Phi) is 6.72. The number of benzene rings is 1. The van der Waals surface area contributed by atoms with E-state index in [4.69, 9.17) is 4.74 Å². The van der Waals surface area contributed by atoms with E-state index in [9.17, 15) is 15.0 Å². The average molecular weight is 373 g/mol. The molecule has 1 saturated carbocycles. The summed E-state index contributed by atoms with van der Waals surface area (Å²) in [6.07, 6.45) is 9.74. The van der Waals surface area contributed by atoms with E-state index in [-0.39, 0.29) is 18.0 Å². The highest BCUT2D eigenvalue weighted by Gasteiger charge is 2.44. The van der Waals surface area contributed by atoms with Crippen LogP contribution >= 0.6 is 0 Å². The minimum atomic E-state index is -0.422. The number of aliphatic hydroxyl groups is 2. The first-order chi connectivity index (χ1) is 13.0. The second-order valence-electron chi connectivity index (χ2n) is 8.15. The summed E-state index contributed by atoms with van der Waals surface area (Å²) in [6.45, 7) is 3.59. The van der Waals surface area contributed by atoms with Gasteiger partial charge in [-0.2, -0.15) is 0 Å². The Morgan fingerprint density at radius 2 is 2.15 bits per heavy atom. The average Bonchev–Trinajstić information content (AvgIpc) is 2.92. The van der Waals surface area contributed by atoms with E-state index in [1.807, 2.05) is 24.3 Å². The maximum atomic E-state index is 11.4. The predicted octanol–water partition coefficient (Wildman–Crippen LogP) is 3.82. The lowest BCUT2D eigenvalue weighted by atomic mass is 9.74. The SMILES string of the molecule is CCCCC[C@H](O)C=C[C@@H]1[C@H]2Cc3cccc(OC(C)=O)c3C[C@H]2C[C@H]1O. The summed E-state index contributed by atoms with van der Waals surface area (Å²) in [4.78, 5) is 11.4. The molecule has 3 rings (SSSR count). The second kappa shape index (κ2) is 9.03. The first kappa shape index (κ1) is 20.1. The van der Waals surface area contributed by atoms with E-state index in [0.717, 1.165) is 50.5 Å². The van der Waals surface area contributed by atoms with Gasteiger partial charge in [0.05, 0.1) is 12.2 Å². The molecule has 0 spiro atoms. The molecule has 4 nitrogen and oxygen atoms in total.